The third-order valence-corrected chi connectivity index (χ3v) is 32.6. The molecule has 157 valence electrons. The first kappa shape index (κ1) is 34.1. The molecular formula is C8Br17O. The molecule has 0 aromatic carbocycles. The molecule has 0 saturated heterocycles. The van der Waals surface area contributed by atoms with E-state index in [9.17, 15) is 5.11 Å². The van der Waals surface area contributed by atoms with E-state index in [1.54, 1.807) is 0 Å². The van der Waals surface area contributed by atoms with Gasteiger partial charge in [0.25, 0.3) is 0 Å². The third-order valence-electron chi connectivity index (χ3n) is 2.77. The minimum Gasteiger partial charge on any atom is -0.202 e. The van der Waals surface area contributed by atoms with Crippen molar-refractivity contribution in [3.05, 3.63) is 0 Å². The van der Waals surface area contributed by atoms with Crippen LogP contribution in [0.1, 0.15) is 0 Å². The molecule has 1 radical (unpaired) electrons. The molecule has 18 heteroatoms. The van der Waals surface area contributed by atoms with Gasteiger partial charge in [0.1, 0.15) is 17.3 Å². The van der Waals surface area contributed by atoms with E-state index in [4.69, 9.17) is 0 Å². The fourth-order valence-corrected chi connectivity index (χ4v) is 16.8. The molecule has 0 spiro atoms. The normalized spacial score (nSPS) is 18.7. The Morgan fingerprint density at radius 2 is 0.615 bits per heavy atom. The van der Waals surface area contributed by atoms with Crippen LogP contribution >= 0.6 is 271 Å². The molecule has 0 rings (SSSR count). The van der Waals surface area contributed by atoms with Gasteiger partial charge in [0.05, 0.1) is 0 Å². The summed E-state index contributed by atoms with van der Waals surface area (Å²) >= 11 is 60.3. The molecule has 0 aromatic heterocycles. The van der Waals surface area contributed by atoms with Crippen LogP contribution in [0.2, 0.25) is 0 Å². The average Bonchev–Trinajstić information content (AvgIpc) is 2.32. The summed E-state index contributed by atoms with van der Waals surface area (Å²) in [7, 11) is 0. The second-order valence-corrected chi connectivity index (χ2v) is 36.2. The van der Waals surface area contributed by atoms with E-state index >= 15 is 0 Å². The molecule has 0 saturated carbocycles. The Morgan fingerprint density at radius 1 is 0.346 bits per heavy atom. The van der Waals surface area contributed by atoms with Crippen LogP contribution in [-0.4, -0.2) is 25.0 Å². The first-order chi connectivity index (χ1) is 10.8. The summed E-state index contributed by atoms with van der Waals surface area (Å²) in [5.74, 6) is 0. The zero-order chi connectivity index (χ0) is 22.0. The van der Waals surface area contributed by atoms with Crippen molar-refractivity contribution in [2.45, 2.75) is 25.0 Å². The van der Waals surface area contributed by atoms with Crippen molar-refractivity contribution >= 4 is 271 Å². The predicted octanol–water partition coefficient (Wildman–Crippen LogP) is 12.6. The minimum atomic E-state index is -1.95. The Morgan fingerprint density at radius 3 is 0.808 bits per heavy atom. The van der Waals surface area contributed by atoms with E-state index in [2.05, 4.69) is 271 Å². The standard InChI is InChI=1S/C8Br17O/c9-1(8(24,25)26,3(12,13)6(18,19)20)2(10,11)4(14,15)5(16,17)7(21,22)23. The van der Waals surface area contributed by atoms with Gasteiger partial charge in [-0.1, -0.05) is 239 Å². The molecule has 0 aromatic rings. The number of hydrogen-bond acceptors (Lipinski definition) is 0. The lowest BCUT2D eigenvalue weighted by molar-refractivity contribution is 0.105. The molecule has 0 amide bonds. The smallest absolute Gasteiger partial charge is 0.202 e. The quantitative estimate of drug-likeness (QED) is 0.245. The fourth-order valence-electron chi connectivity index (χ4n) is 1.35. The van der Waals surface area contributed by atoms with Crippen molar-refractivity contribution in [3.8, 4) is 0 Å². The van der Waals surface area contributed by atoms with Crippen LogP contribution in [-0.2, 0) is 5.11 Å². The molecule has 0 N–H and O–H groups in total. The van der Waals surface area contributed by atoms with Crippen LogP contribution < -0.4 is 0 Å². The lowest BCUT2D eigenvalue weighted by atomic mass is 9.98. The molecule has 1 unspecified atom stereocenters. The van der Waals surface area contributed by atoms with Gasteiger partial charge in [-0.05, 0) is 31.9 Å². The molecule has 0 aliphatic heterocycles. The average molecular weight is 1470 g/mol. The molecule has 0 fully saturated rings. The summed E-state index contributed by atoms with van der Waals surface area (Å²) in [4.78, 5) is 0. The van der Waals surface area contributed by atoms with Crippen molar-refractivity contribution in [2.24, 2.45) is 0 Å². The van der Waals surface area contributed by atoms with Crippen molar-refractivity contribution in [1.29, 1.82) is 0 Å². The van der Waals surface area contributed by atoms with Crippen molar-refractivity contribution in [1.82, 2.24) is 0 Å². The van der Waals surface area contributed by atoms with Crippen LogP contribution in [0.25, 0.3) is 0 Å². The molecule has 0 heterocycles. The van der Waals surface area contributed by atoms with E-state index in [0.29, 0.717) is 0 Å². The minimum absolute atomic E-state index is 0.868. The Labute approximate surface area is 294 Å². The number of alkyl halides is 17. The highest BCUT2D eigenvalue weighted by atomic mass is 80.0. The van der Waals surface area contributed by atoms with Crippen LogP contribution in [0.3, 0.4) is 0 Å². The molecule has 26 heavy (non-hydrogen) atoms. The largest absolute Gasteiger partial charge is 0.231 e. The monoisotopic (exact) mass is 1450 g/mol. The SMILES string of the molecule is [O]C(Br)(Br)C(Br)(C(Br)(Br)C(Br)(Br)Br)C(Br)(Br)C(Br)(Br)C(Br)(Br)C(Br)(Br)Br. The lowest BCUT2D eigenvalue weighted by Crippen LogP contribution is -2.72. The third kappa shape index (κ3) is 6.15. The maximum atomic E-state index is 13.4. The van der Waals surface area contributed by atoms with Crippen LogP contribution in [0.4, 0.5) is 0 Å². The maximum absolute atomic E-state index is 13.4. The van der Waals surface area contributed by atoms with Gasteiger partial charge in [0, 0.05) is 0 Å². The summed E-state index contributed by atoms with van der Waals surface area (Å²) in [5.41, 5.74) is 0. The number of hydrogen-bond donors (Lipinski definition) is 0. The van der Waals surface area contributed by atoms with Gasteiger partial charge in [-0.15, -0.1) is 0 Å². The Bertz CT molecular complexity index is 520. The van der Waals surface area contributed by atoms with E-state index in [0.717, 1.165) is 0 Å². The van der Waals surface area contributed by atoms with Crippen LogP contribution in [0.15, 0.2) is 0 Å². The van der Waals surface area contributed by atoms with Gasteiger partial charge in [-0.3, -0.25) is 0 Å². The first-order valence-electron chi connectivity index (χ1n) is 5.17. The maximum Gasteiger partial charge on any atom is 0.231 e. The molecule has 0 aliphatic carbocycles. The van der Waals surface area contributed by atoms with Crippen LogP contribution in [0, 0.1) is 0 Å². The van der Waals surface area contributed by atoms with E-state index in [-0.39, 0.29) is 0 Å². The highest BCUT2D eigenvalue weighted by Crippen LogP contribution is 2.78. The Hall–Kier alpha value is 8.12. The van der Waals surface area contributed by atoms with Crippen molar-refractivity contribution < 1.29 is 5.11 Å². The van der Waals surface area contributed by atoms with Gasteiger partial charge in [0.15, 0.2) is 4.29 Å². The summed E-state index contributed by atoms with van der Waals surface area (Å²) in [6.07, 6.45) is 0. The van der Waals surface area contributed by atoms with Gasteiger partial charge in [-0.2, -0.15) is 0 Å². The fraction of sp³-hybridized carbons (Fsp3) is 1.00. The molecule has 0 bridgehead atoms. The topological polar surface area (TPSA) is 19.9 Å². The number of rotatable bonds is 5. The van der Waals surface area contributed by atoms with E-state index in [1.165, 1.54) is 0 Å². The summed E-state index contributed by atoms with van der Waals surface area (Å²) in [6.45, 7) is 0. The van der Waals surface area contributed by atoms with Crippen LogP contribution in [0.5, 0.6) is 0 Å². The van der Waals surface area contributed by atoms with E-state index in [1.807, 2.05) is 0 Å². The van der Waals surface area contributed by atoms with E-state index < -0.39 is 25.0 Å². The summed E-state index contributed by atoms with van der Waals surface area (Å²) in [6, 6.07) is 0. The number of halogens is 17. The lowest BCUT2D eigenvalue weighted by Gasteiger charge is -2.59. The molecule has 1 atom stereocenters. The van der Waals surface area contributed by atoms with Gasteiger partial charge < -0.3 is 0 Å². The van der Waals surface area contributed by atoms with Gasteiger partial charge in [-0.25, -0.2) is 5.11 Å². The Kier molecular flexibility index (Phi) is 14.2. The van der Waals surface area contributed by atoms with Crippen molar-refractivity contribution in [3.63, 3.8) is 0 Å². The predicted molar refractivity (Wildman–Crippen MR) is 174 cm³/mol. The molecule has 1 nitrogen and oxygen atoms in total. The second-order valence-electron chi connectivity index (χ2n) is 4.47. The molecular weight excluding hydrogens is 1470 g/mol. The Balaban J connectivity index is 7.03. The van der Waals surface area contributed by atoms with Crippen molar-refractivity contribution in [2.75, 3.05) is 0 Å². The van der Waals surface area contributed by atoms with Gasteiger partial charge in [0.2, 0.25) is 3.42 Å². The highest BCUT2D eigenvalue weighted by Gasteiger charge is 2.80. The first-order valence-corrected chi connectivity index (χ1v) is 18.6. The summed E-state index contributed by atoms with van der Waals surface area (Å²) in [5, 5.41) is 13.4. The zero-order valence-corrected chi connectivity index (χ0v) is 37.8. The summed E-state index contributed by atoms with van der Waals surface area (Å²) < 4.78 is -9.90. The second kappa shape index (κ2) is 10.8. The van der Waals surface area contributed by atoms with Gasteiger partial charge >= 0.3 is 0 Å². The zero-order valence-electron chi connectivity index (χ0n) is 10.8. The molecule has 0 aliphatic rings. The highest BCUT2D eigenvalue weighted by molar-refractivity contribution is 9.42.